The van der Waals surface area contributed by atoms with E-state index in [1.807, 2.05) is 13.8 Å². The summed E-state index contributed by atoms with van der Waals surface area (Å²) in [5, 5.41) is 0. The normalized spacial score (nSPS) is 10.1. The zero-order valence-corrected chi connectivity index (χ0v) is 10.5. The van der Waals surface area contributed by atoms with Crippen molar-refractivity contribution in [2.24, 2.45) is 5.73 Å². The molecule has 0 spiro atoms. The molecule has 1 aromatic rings. The van der Waals surface area contributed by atoms with Gasteiger partial charge in [0.15, 0.2) is 0 Å². The monoisotopic (exact) mass is 251 g/mol. The molecule has 0 atom stereocenters. The molecule has 18 heavy (non-hydrogen) atoms. The Hall–Kier alpha value is -2.11. The van der Waals surface area contributed by atoms with Crippen LogP contribution in [0, 0.1) is 0 Å². The van der Waals surface area contributed by atoms with Crippen molar-refractivity contribution in [3.63, 3.8) is 0 Å². The number of amides is 2. The average molecular weight is 251 g/mol. The first-order chi connectivity index (χ1) is 8.49. The Morgan fingerprint density at radius 3 is 2.39 bits per heavy atom. The van der Waals surface area contributed by atoms with Crippen LogP contribution in [0.25, 0.3) is 0 Å². The van der Waals surface area contributed by atoms with Crippen LogP contribution in [0.4, 0.5) is 0 Å². The molecule has 0 bridgehead atoms. The van der Waals surface area contributed by atoms with E-state index in [4.69, 9.17) is 5.73 Å². The largest absolute Gasteiger partial charge is 0.366 e. The predicted molar refractivity (Wildman–Crippen MR) is 67.1 cm³/mol. The third kappa shape index (κ3) is 3.19. The van der Waals surface area contributed by atoms with Gasteiger partial charge in [0.2, 0.25) is 11.8 Å². The van der Waals surface area contributed by atoms with Gasteiger partial charge in [-0.05, 0) is 19.9 Å². The maximum absolute atomic E-state index is 11.9. The average Bonchev–Trinajstić information content (AvgIpc) is 2.33. The lowest BCUT2D eigenvalue weighted by atomic mass is 10.2. The molecule has 98 valence electrons. The molecule has 0 aliphatic heterocycles. The molecule has 2 N–H and O–H groups in total. The maximum Gasteiger partial charge on any atom is 0.251 e. The van der Waals surface area contributed by atoms with Gasteiger partial charge in [-0.25, -0.2) is 0 Å². The van der Waals surface area contributed by atoms with E-state index in [-0.39, 0.29) is 23.6 Å². The number of carbonyl (C=O) groups excluding carboxylic acids is 2. The van der Waals surface area contributed by atoms with E-state index in [0.717, 1.165) is 0 Å². The summed E-state index contributed by atoms with van der Waals surface area (Å²) in [7, 11) is 0. The summed E-state index contributed by atoms with van der Waals surface area (Å²) in [6, 6.07) is 2.58. The summed E-state index contributed by atoms with van der Waals surface area (Å²) in [5.74, 6) is -0.789. The van der Waals surface area contributed by atoms with Crippen LogP contribution >= 0.6 is 0 Å². The van der Waals surface area contributed by atoms with Crippen LogP contribution in [0.5, 0.6) is 0 Å². The molecule has 1 rings (SSSR count). The number of likely N-dealkylation sites (N-methyl/N-ethyl adjacent to an activating group) is 1. The molecule has 6 heteroatoms. The van der Waals surface area contributed by atoms with Crippen LogP contribution in [0.2, 0.25) is 0 Å². The van der Waals surface area contributed by atoms with Crippen molar-refractivity contribution in [2.75, 3.05) is 13.1 Å². The molecule has 0 fully saturated rings. The van der Waals surface area contributed by atoms with Crippen LogP contribution in [0.3, 0.4) is 0 Å². The lowest BCUT2D eigenvalue weighted by Crippen LogP contribution is -2.36. The van der Waals surface area contributed by atoms with Gasteiger partial charge in [-0.2, -0.15) is 0 Å². The SMILES string of the molecule is CCN(CC)C(=O)Cn1cc(C(N)=O)ccc1=O. The summed E-state index contributed by atoms with van der Waals surface area (Å²) < 4.78 is 1.20. The minimum absolute atomic E-state index is 0.0817. The third-order valence-electron chi connectivity index (χ3n) is 2.69. The molecule has 1 heterocycles. The molecule has 2 amide bonds. The molecule has 0 radical (unpaired) electrons. The van der Waals surface area contributed by atoms with E-state index >= 15 is 0 Å². The molecule has 0 aromatic carbocycles. The number of rotatable bonds is 5. The number of carbonyl (C=O) groups is 2. The molecule has 0 unspecified atom stereocenters. The van der Waals surface area contributed by atoms with Crippen molar-refractivity contribution in [2.45, 2.75) is 20.4 Å². The topological polar surface area (TPSA) is 85.4 Å². The van der Waals surface area contributed by atoms with Gasteiger partial charge in [0.05, 0.1) is 5.56 Å². The lowest BCUT2D eigenvalue weighted by Gasteiger charge is -2.19. The molecule has 1 aromatic heterocycles. The van der Waals surface area contributed by atoms with Gasteiger partial charge < -0.3 is 15.2 Å². The van der Waals surface area contributed by atoms with Crippen molar-refractivity contribution >= 4 is 11.8 Å². The van der Waals surface area contributed by atoms with Crippen LogP contribution in [-0.2, 0) is 11.3 Å². The lowest BCUT2D eigenvalue weighted by molar-refractivity contribution is -0.131. The van der Waals surface area contributed by atoms with E-state index in [1.54, 1.807) is 4.90 Å². The van der Waals surface area contributed by atoms with Crippen molar-refractivity contribution in [3.8, 4) is 0 Å². The minimum Gasteiger partial charge on any atom is -0.366 e. The number of aromatic nitrogens is 1. The Balaban J connectivity index is 2.96. The number of primary amides is 1. The Kier molecular flexibility index (Phi) is 4.65. The van der Waals surface area contributed by atoms with Crippen LogP contribution < -0.4 is 11.3 Å². The number of hydrogen-bond donors (Lipinski definition) is 1. The predicted octanol–water partition coefficient (Wildman–Crippen LogP) is -0.184. The van der Waals surface area contributed by atoms with E-state index < -0.39 is 5.91 Å². The number of nitrogens with zero attached hydrogens (tertiary/aromatic N) is 2. The highest BCUT2D eigenvalue weighted by Crippen LogP contribution is 1.97. The summed E-state index contributed by atoms with van der Waals surface area (Å²) in [5.41, 5.74) is 5.00. The highest BCUT2D eigenvalue weighted by Gasteiger charge is 2.12. The summed E-state index contributed by atoms with van der Waals surface area (Å²) in [6.45, 7) is 4.81. The van der Waals surface area contributed by atoms with Crippen LogP contribution in [-0.4, -0.2) is 34.4 Å². The highest BCUT2D eigenvalue weighted by molar-refractivity contribution is 5.92. The Morgan fingerprint density at radius 1 is 1.28 bits per heavy atom. The van der Waals surface area contributed by atoms with Crippen molar-refractivity contribution < 1.29 is 9.59 Å². The molecule has 0 aliphatic rings. The van der Waals surface area contributed by atoms with Gasteiger partial charge in [-0.3, -0.25) is 14.4 Å². The zero-order chi connectivity index (χ0) is 13.7. The van der Waals surface area contributed by atoms with Crippen molar-refractivity contribution in [1.29, 1.82) is 0 Å². The minimum atomic E-state index is -0.626. The molecule has 6 nitrogen and oxygen atoms in total. The standard InChI is InChI=1S/C12H17N3O3/c1-3-14(4-2)11(17)8-15-7-9(12(13)18)5-6-10(15)16/h5-7H,3-4,8H2,1-2H3,(H2,13,18). The fraction of sp³-hybridized carbons (Fsp3) is 0.417. The number of nitrogens with two attached hydrogens (primary N) is 1. The second-order valence-electron chi connectivity index (χ2n) is 3.81. The smallest absolute Gasteiger partial charge is 0.251 e. The Bertz CT molecular complexity index is 504. The fourth-order valence-electron chi connectivity index (χ4n) is 1.62. The van der Waals surface area contributed by atoms with Gasteiger partial charge in [0.1, 0.15) is 6.54 Å². The van der Waals surface area contributed by atoms with Crippen LogP contribution in [0.1, 0.15) is 24.2 Å². The van der Waals surface area contributed by atoms with E-state index in [2.05, 4.69) is 0 Å². The second kappa shape index (κ2) is 6.00. The van der Waals surface area contributed by atoms with Gasteiger partial charge in [0.25, 0.3) is 5.56 Å². The molecular weight excluding hydrogens is 234 g/mol. The highest BCUT2D eigenvalue weighted by atomic mass is 16.2. The molecule has 0 aliphatic carbocycles. The van der Waals surface area contributed by atoms with E-state index in [0.29, 0.717) is 13.1 Å². The number of hydrogen-bond acceptors (Lipinski definition) is 3. The first-order valence-corrected chi connectivity index (χ1v) is 5.77. The first kappa shape index (κ1) is 14.0. The summed E-state index contributed by atoms with van der Waals surface area (Å²) >= 11 is 0. The summed E-state index contributed by atoms with van der Waals surface area (Å²) in [4.78, 5) is 36.0. The van der Waals surface area contributed by atoms with Crippen molar-refractivity contribution in [3.05, 3.63) is 34.2 Å². The summed E-state index contributed by atoms with van der Waals surface area (Å²) in [6.07, 6.45) is 1.31. The van der Waals surface area contributed by atoms with Gasteiger partial charge in [-0.15, -0.1) is 0 Å². The molecule has 0 saturated carbocycles. The fourth-order valence-corrected chi connectivity index (χ4v) is 1.62. The Labute approximate surface area is 105 Å². The van der Waals surface area contributed by atoms with Gasteiger partial charge >= 0.3 is 0 Å². The van der Waals surface area contributed by atoms with Crippen LogP contribution in [0.15, 0.2) is 23.1 Å². The second-order valence-corrected chi connectivity index (χ2v) is 3.81. The first-order valence-electron chi connectivity index (χ1n) is 5.77. The third-order valence-corrected chi connectivity index (χ3v) is 2.69. The molecular formula is C12H17N3O3. The Morgan fingerprint density at radius 2 is 1.89 bits per heavy atom. The number of pyridine rings is 1. The maximum atomic E-state index is 11.9. The van der Waals surface area contributed by atoms with E-state index in [1.165, 1.54) is 22.9 Å². The molecule has 0 saturated heterocycles. The van der Waals surface area contributed by atoms with Gasteiger partial charge in [0, 0.05) is 25.4 Å². The van der Waals surface area contributed by atoms with E-state index in [9.17, 15) is 14.4 Å². The quantitative estimate of drug-likeness (QED) is 0.787. The van der Waals surface area contributed by atoms with Gasteiger partial charge in [-0.1, -0.05) is 0 Å². The van der Waals surface area contributed by atoms with Crippen molar-refractivity contribution in [1.82, 2.24) is 9.47 Å². The zero-order valence-electron chi connectivity index (χ0n) is 10.5.